The molecule has 1 unspecified atom stereocenters. The number of carbonyl (C=O) groups excluding carboxylic acids is 2. The summed E-state index contributed by atoms with van der Waals surface area (Å²) in [6.07, 6.45) is 0.426. The van der Waals surface area contributed by atoms with Crippen LogP contribution >= 0.6 is 0 Å². The van der Waals surface area contributed by atoms with Gasteiger partial charge in [0.05, 0.1) is 17.1 Å². The Bertz CT molecular complexity index is 726. The highest BCUT2D eigenvalue weighted by atomic mass is 32.2. The number of hydrogen-bond donors (Lipinski definition) is 0. The summed E-state index contributed by atoms with van der Waals surface area (Å²) in [6.45, 7) is 3.45. The number of benzene rings is 1. The van der Waals surface area contributed by atoms with Crippen LogP contribution in [0.3, 0.4) is 0 Å². The largest absolute Gasteiger partial charge is 0.452 e. The Hall–Kier alpha value is -1.89. The Labute approximate surface area is 136 Å². The van der Waals surface area contributed by atoms with Gasteiger partial charge in [-0.2, -0.15) is 0 Å². The summed E-state index contributed by atoms with van der Waals surface area (Å²) in [4.78, 5) is 25.4. The minimum Gasteiger partial charge on any atom is -0.452 e. The summed E-state index contributed by atoms with van der Waals surface area (Å²) in [5, 5.41) is 0. The maximum Gasteiger partial charge on any atom is 0.338 e. The first-order chi connectivity index (χ1) is 10.7. The summed E-state index contributed by atoms with van der Waals surface area (Å²) >= 11 is 0. The lowest BCUT2D eigenvalue weighted by Gasteiger charge is -2.23. The van der Waals surface area contributed by atoms with Crippen molar-refractivity contribution < 1.29 is 22.7 Å². The molecular formula is C16H21NO5S. The predicted molar refractivity (Wildman–Crippen MR) is 86.0 cm³/mol. The predicted octanol–water partition coefficient (Wildman–Crippen LogP) is 1.11. The highest BCUT2D eigenvalue weighted by Crippen LogP contribution is 2.17. The standard InChI is InChI=1S/C16H21NO5S/c1-11-4-5-13(8-12(11)2)16(19)22-9-15(18)17(3)14-6-7-23(20,21)10-14/h4-5,8,14H,6-7,9-10H2,1-3H3. The van der Waals surface area contributed by atoms with Gasteiger partial charge < -0.3 is 9.64 Å². The second-order valence-corrected chi connectivity index (χ2v) is 8.17. The van der Waals surface area contributed by atoms with E-state index in [1.54, 1.807) is 12.1 Å². The van der Waals surface area contributed by atoms with E-state index in [9.17, 15) is 18.0 Å². The van der Waals surface area contributed by atoms with E-state index in [1.165, 1.54) is 11.9 Å². The number of likely N-dealkylation sites (N-methyl/N-ethyl adjacent to an activating group) is 1. The zero-order valence-corrected chi connectivity index (χ0v) is 14.4. The number of nitrogens with zero attached hydrogens (tertiary/aromatic N) is 1. The molecule has 1 aromatic carbocycles. The lowest BCUT2D eigenvalue weighted by atomic mass is 10.1. The zero-order chi connectivity index (χ0) is 17.2. The molecule has 23 heavy (non-hydrogen) atoms. The second-order valence-electron chi connectivity index (χ2n) is 5.94. The van der Waals surface area contributed by atoms with E-state index >= 15 is 0 Å². The molecule has 0 radical (unpaired) electrons. The van der Waals surface area contributed by atoms with Crippen LogP contribution in [0.2, 0.25) is 0 Å². The number of amides is 1. The molecule has 0 spiro atoms. The number of ether oxygens (including phenoxy) is 1. The normalized spacial score (nSPS) is 19.3. The van der Waals surface area contributed by atoms with Crippen LogP contribution in [0.1, 0.15) is 27.9 Å². The summed E-state index contributed by atoms with van der Waals surface area (Å²) in [5.41, 5.74) is 2.44. The van der Waals surface area contributed by atoms with Crippen molar-refractivity contribution in [3.63, 3.8) is 0 Å². The van der Waals surface area contributed by atoms with E-state index in [2.05, 4.69) is 0 Å². The summed E-state index contributed by atoms with van der Waals surface area (Å²) < 4.78 is 27.9. The van der Waals surface area contributed by atoms with Crippen molar-refractivity contribution in [1.29, 1.82) is 0 Å². The Kier molecular flexibility index (Phi) is 5.09. The third-order valence-electron chi connectivity index (χ3n) is 4.22. The van der Waals surface area contributed by atoms with Crippen molar-refractivity contribution in [2.45, 2.75) is 26.3 Å². The van der Waals surface area contributed by atoms with Crippen LogP contribution in [0.4, 0.5) is 0 Å². The first-order valence-corrected chi connectivity index (χ1v) is 9.22. The number of sulfone groups is 1. The number of rotatable bonds is 4. The Morgan fingerprint density at radius 1 is 1.26 bits per heavy atom. The first-order valence-electron chi connectivity index (χ1n) is 7.40. The van der Waals surface area contributed by atoms with Crippen LogP contribution in [-0.2, 0) is 19.4 Å². The van der Waals surface area contributed by atoms with Gasteiger partial charge in [0, 0.05) is 13.1 Å². The van der Waals surface area contributed by atoms with Crippen molar-refractivity contribution in [1.82, 2.24) is 4.90 Å². The molecule has 2 rings (SSSR count). The maximum atomic E-state index is 12.1. The van der Waals surface area contributed by atoms with Crippen molar-refractivity contribution in [3.05, 3.63) is 34.9 Å². The van der Waals surface area contributed by atoms with Crippen LogP contribution in [0.15, 0.2) is 18.2 Å². The number of carbonyl (C=O) groups is 2. The minimum atomic E-state index is -3.06. The molecule has 1 heterocycles. The van der Waals surface area contributed by atoms with Crippen LogP contribution in [0, 0.1) is 13.8 Å². The van der Waals surface area contributed by atoms with Crippen molar-refractivity contribution in [2.24, 2.45) is 0 Å². The molecule has 1 fully saturated rings. The lowest BCUT2D eigenvalue weighted by molar-refractivity contribution is -0.134. The quantitative estimate of drug-likeness (QED) is 0.768. The van der Waals surface area contributed by atoms with E-state index in [0.29, 0.717) is 12.0 Å². The average Bonchev–Trinajstić information content (AvgIpc) is 2.86. The minimum absolute atomic E-state index is 0.0274. The van der Waals surface area contributed by atoms with Gasteiger partial charge in [-0.25, -0.2) is 13.2 Å². The molecule has 126 valence electrons. The molecular weight excluding hydrogens is 318 g/mol. The van der Waals surface area contributed by atoms with Gasteiger partial charge in [0.1, 0.15) is 0 Å². The topological polar surface area (TPSA) is 80.8 Å². The smallest absolute Gasteiger partial charge is 0.338 e. The number of hydrogen-bond acceptors (Lipinski definition) is 5. The average molecular weight is 339 g/mol. The fraction of sp³-hybridized carbons (Fsp3) is 0.500. The Balaban J connectivity index is 1.91. The van der Waals surface area contributed by atoms with Gasteiger partial charge in [-0.15, -0.1) is 0 Å². The van der Waals surface area contributed by atoms with Gasteiger partial charge >= 0.3 is 5.97 Å². The summed E-state index contributed by atoms with van der Waals surface area (Å²) in [7, 11) is -1.52. The third-order valence-corrected chi connectivity index (χ3v) is 5.97. The van der Waals surface area contributed by atoms with E-state index in [0.717, 1.165) is 11.1 Å². The molecule has 1 saturated heterocycles. The van der Waals surface area contributed by atoms with E-state index in [-0.39, 0.29) is 17.5 Å². The molecule has 1 atom stereocenters. The van der Waals surface area contributed by atoms with Gasteiger partial charge in [-0.05, 0) is 43.5 Å². The molecule has 1 aliphatic rings. The summed E-state index contributed by atoms with van der Waals surface area (Å²) in [6, 6.07) is 4.86. The van der Waals surface area contributed by atoms with Crippen LogP contribution in [-0.4, -0.2) is 56.4 Å². The van der Waals surface area contributed by atoms with E-state index in [4.69, 9.17) is 4.74 Å². The van der Waals surface area contributed by atoms with Crippen LogP contribution in [0.25, 0.3) is 0 Å². The SMILES string of the molecule is Cc1ccc(C(=O)OCC(=O)N(C)C2CCS(=O)(=O)C2)cc1C. The Morgan fingerprint density at radius 3 is 2.52 bits per heavy atom. The van der Waals surface area contributed by atoms with Crippen molar-refractivity contribution >= 4 is 21.7 Å². The molecule has 0 N–H and O–H groups in total. The molecule has 0 saturated carbocycles. The van der Waals surface area contributed by atoms with Crippen LogP contribution in [0.5, 0.6) is 0 Å². The number of aryl methyl sites for hydroxylation is 2. The van der Waals surface area contributed by atoms with Gasteiger partial charge in [0.25, 0.3) is 5.91 Å². The van der Waals surface area contributed by atoms with Gasteiger partial charge in [-0.3, -0.25) is 4.79 Å². The van der Waals surface area contributed by atoms with E-state index < -0.39 is 28.3 Å². The molecule has 6 nitrogen and oxygen atoms in total. The second kappa shape index (κ2) is 6.70. The zero-order valence-electron chi connectivity index (χ0n) is 13.5. The van der Waals surface area contributed by atoms with Gasteiger partial charge in [0.15, 0.2) is 16.4 Å². The molecule has 0 bridgehead atoms. The maximum absolute atomic E-state index is 12.1. The molecule has 0 aromatic heterocycles. The molecule has 1 amide bonds. The van der Waals surface area contributed by atoms with Gasteiger partial charge in [-0.1, -0.05) is 6.07 Å². The lowest BCUT2D eigenvalue weighted by Crippen LogP contribution is -2.40. The van der Waals surface area contributed by atoms with Crippen molar-refractivity contribution in [3.8, 4) is 0 Å². The monoisotopic (exact) mass is 339 g/mol. The van der Waals surface area contributed by atoms with Gasteiger partial charge in [0.2, 0.25) is 0 Å². The highest BCUT2D eigenvalue weighted by molar-refractivity contribution is 7.91. The summed E-state index contributed by atoms with van der Waals surface area (Å²) in [5.74, 6) is -0.893. The molecule has 1 aliphatic heterocycles. The fourth-order valence-electron chi connectivity index (χ4n) is 2.47. The van der Waals surface area contributed by atoms with Crippen LogP contribution < -0.4 is 0 Å². The molecule has 0 aliphatic carbocycles. The molecule has 1 aromatic rings. The fourth-order valence-corrected chi connectivity index (χ4v) is 4.24. The third kappa shape index (κ3) is 4.31. The number of esters is 1. The Morgan fingerprint density at radius 2 is 1.96 bits per heavy atom. The molecule has 7 heteroatoms. The van der Waals surface area contributed by atoms with Crippen molar-refractivity contribution in [2.75, 3.05) is 25.2 Å². The highest BCUT2D eigenvalue weighted by Gasteiger charge is 2.32. The van der Waals surface area contributed by atoms with E-state index in [1.807, 2.05) is 19.9 Å². The first kappa shape index (κ1) is 17.5.